The summed E-state index contributed by atoms with van der Waals surface area (Å²) in [6, 6.07) is 2.27. The second-order valence-electron chi connectivity index (χ2n) is 3.33. The number of rotatable bonds is 2. The molecule has 1 saturated carbocycles. The van der Waals surface area contributed by atoms with E-state index in [4.69, 9.17) is 10.00 Å². The van der Waals surface area contributed by atoms with Gasteiger partial charge in [-0.3, -0.25) is 0 Å². The van der Waals surface area contributed by atoms with E-state index in [1.165, 1.54) is 6.42 Å². The van der Waals surface area contributed by atoms with Crippen molar-refractivity contribution in [2.45, 2.75) is 38.2 Å². The minimum Gasteiger partial charge on any atom is -0.363 e. The van der Waals surface area contributed by atoms with Crippen molar-refractivity contribution in [3.63, 3.8) is 0 Å². The number of methoxy groups -OCH3 is 1. The highest BCUT2D eigenvalue weighted by Gasteiger charge is 2.38. The Balaban J connectivity index is 2.57. The van der Waals surface area contributed by atoms with E-state index in [1.54, 1.807) is 7.11 Å². The Kier molecular flexibility index (Phi) is 2.51. The van der Waals surface area contributed by atoms with Gasteiger partial charge in [0.15, 0.2) is 5.60 Å². The highest BCUT2D eigenvalue weighted by Crippen LogP contribution is 2.37. The molecule has 2 nitrogen and oxygen atoms in total. The van der Waals surface area contributed by atoms with Crippen LogP contribution in [0.25, 0.3) is 0 Å². The Bertz CT molecular complexity index is 173. The van der Waals surface area contributed by atoms with Crippen LogP contribution < -0.4 is 0 Å². The van der Waals surface area contributed by atoms with Gasteiger partial charge in [0.2, 0.25) is 0 Å². The molecule has 62 valence electrons. The third kappa shape index (κ3) is 1.54. The summed E-state index contributed by atoms with van der Waals surface area (Å²) in [5.41, 5.74) is -0.444. The van der Waals surface area contributed by atoms with Crippen LogP contribution in [0, 0.1) is 17.2 Å². The molecule has 0 heterocycles. The van der Waals surface area contributed by atoms with Crippen molar-refractivity contribution in [1.29, 1.82) is 5.26 Å². The molecule has 0 radical (unpaired) electrons. The standard InChI is InChI=1S/C9H15NO/c1-3-8-4-5-9(6-8,7-10)11-2/h8H,3-6H2,1-2H3. The number of nitriles is 1. The summed E-state index contributed by atoms with van der Waals surface area (Å²) in [7, 11) is 1.64. The van der Waals surface area contributed by atoms with Gasteiger partial charge in [-0.15, -0.1) is 0 Å². The van der Waals surface area contributed by atoms with E-state index in [0.29, 0.717) is 5.92 Å². The molecule has 1 rings (SSSR count). The SMILES string of the molecule is CCC1CCC(C#N)(OC)C1. The van der Waals surface area contributed by atoms with Crippen LogP contribution in [0.4, 0.5) is 0 Å². The first-order chi connectivity index (χ1) is 5.26. The van der Waals surface area contributed by atoms with E-state index in [-0.39, 0.29) is 0 Å². The first kappa shape index (κ1) is 8.55. The van der Waals surface area contributed by atoms with Gasteiger partial charge in [-0.25, -0.2) is 0 Å². The third-order valence-corrected chi connectivity index (χ3v) is 2.75. The second-order valence-corrected chi connectivity index (χ2v) is 3.33. The minimum atomic E-state index is -0.444. The summed E-state index contributed by atoms with van der Waals surface area (Å²) < 4.78 is 5.22. The number of hydrogen-bond donors (Lipinski definition) is 0. The summed E-state index contributed by atoms with van der Waals surface area (Å²) in [5, 5.41) is 8.85. The van der Waals surface area contributed by atoms with Crippen molar-refractivity contribution < 1.29 is 4.74 Å². The predicted molar refractivity (Wildman–Crippen MR) is 43.0 cm³/mol. The predicted octanol–water partition coefficient (Wildman–Crippen LogP) is 2.11. The lowest BCUT2D eigenvalue weighted by molar-refractivity contribution is 0.0418. The number of hydrogen-bond acceptors (Lipinski definition) is 2. The van der Waals surface area contributed by atoms with Gasteiger partial charge in [0.05, 0.1) is 6.07 Å². The fraction of sp³-hybridized carbons (Fsp3) is 0.889. The van der Waals surface area contributed by atoms with Gasteiger partial charge in [0, 0.05) is 7.11 Å². The molecule has 0 N–H and O–H groups in total. The van der Waals surface area contributed by atoms with Crippen molar-refractivity contribution in [3.8, 4) is 6.07 Å². The fourth-order valence-electron chi connectivity index (χ4n) is 1.79. The molecule has 0 bridgehead atoms. The normalized spacial score (nSPS) is 37.0. The maximum absolute atomic E-state index is 8.85. The summed E-state index contributed by atoms with van der Waals surface area (Å²) >= 11 is 0. The number of nitrogens with zero attached hydrogens (tertiary/aromatic N) is 1. The summed E-state index contributed by atoms with van der Waals surface area (Å²) in [6.45, 7) is 2.17. The summed E-state index contributed by atoms with van der Waals surface area (Å²) in [6.07, 6.45) is 4.17. The number of ether oxygens (including phenoxy) is 1. The van der Waals surface area contributed by atoms with Crippen LogP contribution in [0.1, 0.15) is 32.6 Å². The van der Waals surface area contributed by atoms with E-state index in [0.717, 1.165) is 19.3 Å². The molecule has 0 aliphatic heterocycles. The van der Waals surface area contributed by atoms with Crippen LogP contribution in [0.2, 0.25) is 0 Å². The van der Waals surface area contributed by atoms with Crippen molar-refractivity contribution in [2.24, 2.45) is 5.92 Å². The minimum absolute atomic E-state index is 0.444. The Morgan fingerprint density at radius 3 is 2.73 bits per heavy atom. The van der Waals surface area contributed by atoms with E-state index in [9.17, 15) is 0 Å². The maximum atomic E-state index is 8.85. The van der Waals surface area contributed by atoms with Gasteiger partial charge in [-0.05, 0) is 25.2 Å². The van der Waals surface area contributed by atoms with Crippen molar-refractivity contribution in [1.82, 2.24) is 0 Å². The lowest BCUT2D eigenvalue weighted by Gasteiger charge is -2.18. The molecule has 1 aliphatic rings. The molecule has 0 amide bonds. The van der Waals surface area contributed by atoms with Gasteiger partial charge < -0.3 is 4.74 Å². The van der Waals surface area contributed by atoms with Gasteiger partial charge in [-0.1, -0.05) is 13.3 Å². The molecule has 2 unspecified atom stereocenters. The van der Waals surface area contributed by atoms with E-state index < -0.39 is 5.60 Å². The molecule has 1 fully saturated rings. The zero-order chi connectivity index (χ0) is 8.32. The van der Waals surface area contributed by atoms with Crippen molar-refractivity contribution in [2.75, 3.05) is 7.11 Å². The van der Waals surface area contributed by atoms with Gasteiger partial charge in [0.1, 0.15) is 0 Å². The highest BCUT2D eigenvalue weighted by molar-refractivity contribution is 5.06. The van der Waals surface area contributed by atoms with Crippen LogP contribution in [0.5, 0.6) is 0 Å². The topological polar surface area (TPSA) is 33.0 Å². The third-order valence-electron chi connectivity index (χ3n) is 2.75. The highest BCUT2D eigenvalue weighted by atomic mass is 16.5. The monoisotopic (exact) mass is 153 g/mol. The fourth-order valence-corrected chi connectivity index (χ4v) is 1.79. The molecule has 1 aliphatic carbocycles. The largest absolute Gasteiger partial charge is 0.363 e. The van der Waals surface area contributed by atoms with E-state index in [2.05, 4.69) is 13.0 Å². The molecular formula is C9H15NO. The molecule has 2 atom stereocenters. The van der Waals surface area contributed by atoms with Crippen molar-refractivity contribution >= 4 is 0 Å². The summed E-state index contributed by atoms with van der Waals surface area (Å²) in [5.74, 6) is 0.703. The molecule has 0 spiro atoms. The molecule has 11 heavy (non-hydrogen) atoms. The Hall–Kier alpha value is -0.550. The van der Waals surface area contributed by atoms with Gasteiger partial charge in [-0.2, -0.15) is 5.26 Å². The molecular weight excluding hydrogens is 138 g/mol. The van der Waals surface area contributed by atoms with E-state index in [1.807, 2.05) is 0 Å². The van der Waals surface area contributed by atoms with Crippen molar-refractivity contribution in [3.05, 3.63) is 0 Å². The molecule has 0 saturated heterocycles. The van der Waals surface area contributed by atoms with Crippen LogP contribution in [-0.2, 0) is 4.74 Å². The molecule has 0 aromatic heterocycles. The average molecular weight is 153 g/mol. The first-order valence-corrected chi connectivity index (χ1v) is 4.22. The first-order valence-electron chi connectivity index (χ1n) is 4.22. The Morgan fingerprint density at radius 1 is 1.73 bits per heavy atom. The lowest BCUT2D eigenvalue weighted by Crippen LogP contribution is -2.25. The molecule has 0 aromatic carbocycles. The quantitative estimate of drug-likeness (QED) is 0.608. The van der Waals surface area contributed by atoms with Gasteiger partial charge >= 0.3 is 0 Å². The molecule has 2 heteroatoms. The second kappa shape index (κ2) is 3.23. The summed E-state index contributed by atoms with van der Waals surface area (Å²) in [4.78, 5) is 0. The van der Waals surface area contributed by atoms with Crippen LogP contribution in [0.15, 0.2) is 0 Å². The van der Waals surface area contributed by atoms with E-state index >= 15 is 0 Å². The average Bonchev–Trinajstić information content (AvgIpc) is 2.49. The Labute approximate surface area is 68.2 Å². The smallest absolute Gasteiger partial charge is 0.154 e. The van der Waals surface area contributed by atoms with Crippen LogP contribution in [-0.4, -0.2) is 12.7 Å². The molecule has 0 aromatic rings. The van der Waals surface area contributed by atoms with Crippen LogP contribution >= 0.6 is 0 Å². The zero-order valence-electron chi connectivity index (χ0n) is 7.26. The van der Waals surface area contributed by atoms with Gasteiger partial charge in [0.25, 0.3) is 0 Å². The maximum Gasteiger partial charge on any atom is 0.154 e. The zero-order valence-corrected chi connectivity index (χ0v) is 7.26. The van der Waals surface area contributed by atoms with Crippen LogP contribution in [0.3, 0.4) is 0 Å². The lowest BCUT2D eigenvalue weighted by atomic mass is 10.0. The Morgan fingerprint density at radius 2 is 2.45 bits per heavy atom.